The maximum atomic E-state index is 13.8. The Bertz CT molecular complexity index is 1050. The second kappa shape index (κ2) is 9.11. The highest BCUT2D eigenvalue weighted by Gasteiger charge is 2.32. The van der Waals surface area contributed by atoms with Crippen LogP contribution in [0, 0.1) is 17.6 Å². The second-order valence-electron chi connectivity index (χ2n) is 9.76. The van der Waals surface area contributed by atoms with Crippen LogP contribution in [-0.2, 0) is 17.6 Å². The van der Waals surface area contributed by atoms with Crippen molar-refractivity contribution < 1.29 is 23.1 Å². The van der Waals surface area contributed by atoms with Gasteiger partial charge in [0.05, 0.1) is 5.69 Å². The standard InChI is InChI=1S/C24H30F2N4O3/c1-24(2,3)33-23(32)27-14-15-9-11-29(12-10-15)22(31)21-17-5-4-6-20(17)30(28-21)16-7-8-18(25)19(26)13-16/h7-8,13,15H,4-6,9-12,14H2,1-3H3,(H,27,32). The molecule has 0 spiro atoms. The molecule has 178 valence electrons. The SMILES string of the molecule is CC(C)(C)OC(=O)NCC1CCN(C(=O)c2nn(-c3ccc(F)c(F)c3)c3c2CCC3)CC1. The monoisotopic (exact) mass is 460 g/mol. The molecule has 0 unspecified atom stereocenters. The van der Waals surface area contributed by atoms with Crippen LogP contribution in [0.5, 0.6) is 0 Å². The molecule has 0 saturated carbocycles. The van der Waals surface area contributed by atoms with Crippen LogP contribution < -0.4 is 5.32 Å². The summed E-state index contributed by atoms with van der Waals surface area (Å²) in [6.07, 6.45) is 3.50. The van der Waals surface area contributed by atoms with Crippen LogP contribution in [0.1, 0.15) is 61.8 Å². The van der Waals surface area contributed by atoms with Gasteiger partial charge in [0.1, 0.15) is 5.60 Å². The van der Waals surface area contributed by atoms with Crippen LogP contribution in [0.2, 0.25) is 0 Å². The molecule has 0 bridgehead atoms. The van der Waals surface area contributed by atoms with E-state index in [1.807, 2.05) is 20.8 Å². The molecule has 2 amide bonds. The highest BCUT2D eigenvalue weighted by atomic mass is 19.2. The van der Waals surface area contributed by atoms with E-state index in [2.05, 4.69) is 10.4 Å². The number of hydrogen-bond acceptors (Lipinski definition) is 4. The Morgan fingerprint density at radius 2 is 1.88 bits per heavy atom. The van der Waals surface area contributed by atoms with Gasteiger partial charge in [-0.1, -0.05) is 0 Å². The van der Waals surface area contributed by atoms with E-state index >= 15 is 0 Å². The molecule has 2 aromatic rings. The molecule has 1 N–H and O–H groups in total. The van der Waals surface area contributed by atoms with Crippen molar-refractivity contribution in [2.75, 3.05) is 19.6 Å². The molecule has 9 heteroatoms. The number of carbonyl (C=O) groups is 2. The van der Waals surface area contributed by atoms with Crippen LogP contribution in [0.15, 0.2) is 18.2 Å². The highest BCUT2D eigenvalue weighted by molar-refractivity contribution is 5.94. The third-order valence-electron chi connectivity index (χ3n) is 6.12. The maximum absolute atomic E-state index is 13.8. The quantitative estimate of drug-likeness (QED) is 0.748. The molecule has 4 rings (SSSR count). The van der Waals surface area contributed by atoms with Gasteiger partial charge in [-0.05, 0) is 70.9 Å². The summed E-state index contributed by atoms with van der Waals surface area (Å²) < 4.78 is 34.0. The van der Waals surface area contributed by atoms with Crippen molar-refractivity contribution in [1.82, 2.24) is 20.0 Å². The Morgan fingerprint density at radius 1 is 1.15 bits per heavy atom. The van der Waals surface area contributed by atoms with Crippen LogP contribution in [0.4, 0.5) is 13.6 Å². The van der Waals surface area contributed by atoms with Gasteiger partial charge < -0.3 is 15.0 Å². The van der Waals surface area contributed by atoms with Crippen LogP contribution in [-0.4, -0.2) is 51.9 Å². The first-order valence-corrected chi connectivity index (χ1v) is 11.4. The van der Waals surface area contributed by atoms with E-state index in [4.69, 9.17) is 4.74 Å². The number of benzene rings is 1. The van der Waals surface area contributed by atoms with Crippen molar-refractivity contribution in [2.24, 2.45) is 5.92 Å². The van der Waals surface area contributed by atoms with Gasteiger partial charge in [0.25, 0.3) is 5.91 Å². The van der Waals surface area contributed by atoms with Gasteiger partial charge >= 0.3 is 6.09 Å². The molecule has 1 aromatic carbocycles. The lowest BCUT2D eigenvalue weighted by molar-refractivity contribution is 0.0499. The van der Waals surface area contributed by atoms with E-state index in [9.17, 15) is 18.4 Å². The molecular formula is C24H30F2N4O3. The number of halogens is 2. The summed E-state index contributed by atoms with van der Waals surface area (Å²) in [5, 5.41) is 7.33. The topological polar surface area (TPSA) is 76.5 Å². The molecule has 1 aliphatic carbocycles. The van der Waals surface area contributed by atoms with E-state index < -0.39 is 23.3 Å². The number of amides is 2. The van der Waals surface area contributed by atoms with Crippen molar-refractivity contribution in [3.63, 3.8) is 0 Å². The number of piperidine rings is 1. The Labute approximate surface area is 192 Å². The molecular weight excluding hydrogens is 430 g/mol. The predicted molar refractivity (Wildman–Crippen MR) is 118 cm³/mol. The first kappa shape index (κ1) is 23.2. The normalized spacial score (nSPS) is 16.6. The Morgan fingerprint density at radius 3 is 2.55 bits per heavy atom. The zero-order valence-corrected chi connectivity index (χ0v) is 19.3. The lowest BCUT2D eigenvalue weighted by Gasteiger charge is -2.32. The van der Waals surface area contributed by atoms with Crippen LogP contribution >= 0.6 is 0 Å². The predicted octanol–water partition coefficient (Wildman–Crippen LogP) is 4.02. The van der Waals surface area contributed by atoms with Gasteiger partial charge in [0.15, 0.2) is 17.3 Å². The summed E-state index contributed by atoms with van der Waals surface area (Å²) in [4.78, 5) is 26.9. The molecule has 1 aromatic heterocycles. The van der Waals surface area contributed by atoms with E-state index in [-0.39, 0.29) is 11.8 Å². The third kappa shape index (κ3) is 5.17. The maximum Gasteiger partial charge on any atom is 0.407 e. The third-order valence-corrected chi connectivity index (χ3v) is 6.12. The second-order valence-corrected chi connectivity index (χ2v) is 9.76. The van der Waals surface area contributed by atoms with Gasteiger partial charge in [-0.25, -0.2) is 18.3 Å². The van der Waals surface area contributed by atoms with Crippen molar-refractivity contribution in [3.05, 3.63) is 46.8 Å². The van der Waals surface area contributed by atoms with Crippen molar-refractivity contribution in [2.45, 2.75) is 58.5 Å². The molecule has 2 heterocycles. The molecule has 1 aliphatic heterocycles. The van der Waals surface area contributed by atoms with Crippen molar-refractivity contribution in [1.29, 1.82) is 0 Å². The molecule has 7 nitrogen and oxygen atoms in total. The lowest BCUT2D eigenvalue weighted by atomic mass is 9.96. The Balaban J connectivity index is 1.40. The van der Waals surface area contributed by atoms with E-state index in [0.29, 0.717) is 31.0 Å². The molecule has 0 atom stereocenters. The number of hydrogen-bond donors (Lipinski definition) is 1. The summed E-state index contributed by atoms with van der Waals surface area (Å²) in [6, 6.07) is 3.66. The summed E-state index contributed by atoms with van der Waals surface area (Å²) in [5.41, 5.74) is 2.07. The van der Waals surface area contributed by atoms with Crippen molar-refractivity contribution in [3.8, 4) is 5.69 Å². The summed E-state index contributed by atoms with van der Waals surface area (Å²) in [5.74, 6) is -1.72. The first-order valence-electron chi connectivity index (χ1n) is 11.4. The minimum absolute atomic E-state index is 0.131. The average molecular weight is 461 g/mol. The largest absolute Gasteiger partial charge is 0.444 e. The number of aromatic nitrogens is 2. The average Bonchev–Trinajstić information content (AvgIpc) is 3.36. The molecule has 0 radical (unpaired) electrons. The molecule has 33 heavy (non-hydrogen) atoms. The van der Waals surface area contributed by atoms with Crippen molar-refractivity contribution >= 4 is 12.0 Å². The highest BCUT2D eigenvalue weighted by Crippen LogP contribution is 2.30. The van der Waals surface area contributed by atoms with Gasteiger partial charge in [-0.15, -0.1) is 0 Å². The lowest BCUT2D eigenvalue weighted by Crippen LogP contribution is -2.42. The number of rotatable bonds is 4. The fraction of sp³-hybridized carbons (Fsp3) is 0.542. The van der Waals surface area contributed by atoms with Gasteiger partial charge in [-0.2, -0.15) is 5.10 Å². The summed E-state index contributed by atoms with van der Waals surface area (Å²) in [6.45, 7) is 7.12. The number of nitrogens with zero attached hydrogens (tertiary/aromatic N) is 3. The fourth-order valence-electron chi connectivity index (χ4n) is 4.47. The molecule has 1 saturated heterocycles. The van der Waals surface area contributed by atoms with Crippen LogP contribution in [0.25, 0.3) is 5.69 Å². The van der Waals surface area contributed by atoms with E-state index in [1.165, 1.54) is 6.07 Å². The van der Waals surface area contributed by atoms with E-state index in [0.717, 1.165) is 55.5 Å². The fourth-order valence-corrected chi connectivity index (χ4v) is 4.47. The zero-order chi connectivity index (χ0) is 23.8. The number of nitrogens with one attached hydrogen (secondary N) is 1. The Kier molecular flexibility index (Phi) is 6.41. The van der Waals surface area contributed by atoms with E-state index in [1.54, 1.807) is 9.58 Å². The van der Waals surface area contributed by atoms with Crippen LogP contribution in [0.3, 0.4) is 0 Å². The number of likely N-dealkylation sites (tertiary alicyclic amines) is 1. The number of fused-ring (bicyclic) bond motifs is 1. The minimum Gasteiger partial charge on any atom is -0.444 e. The summed E-state index contributed by atoms with van der Waals surface area (Å²) in [7, 11) is 0. The minimum atomic E-state index is -0.940. The summed E-state index contributed by atoms with van der Waals surface area (Å²) >= 11 is 0. The first-order chi connectivity index (χ1) is 15.6. The van der Waals surface area contributed by atoms with Gasteiger partial charge in [-0.3, -0.25) is 4.79 Å². The number of alkyl carbamates (subject to hydrolysis) is 1. The smallest absolute Gasteiger partial charge is 0.407 e. The van der Waals surface area contributed by atoms with Gasteiger partial charge in [0, 0.05) is 37.0 Å². The molecule has 2 aliphatic rings. The Hall–Kier alpha value is -2.97. The zero-order valence-electron chi connectivity index (χ0n) is 19.3. The number of ether oxygens (including phenoxy) is 1. The molecule has 1 fully saturated rings. The van der Waals surface area contributed by atoms with Gasteiger partial charge in [0.2, 0.25) is 0 Å². The number of carbonyl (C=O) groups excluding carboxylic acids is 2.